The molecule has 2 amide bonds. The van der Waals surface area contributed by atoms with Gasteiger partial charge in [-0.3, -0.25) is 4.90 Å². The number of hydrogen-bond donors (Lipinski definition) is 0. The lowest BCUT2D eigenvalue weighted by Gasteiger charge is -2.23. The van der Waals surface area contributed by atoms with Crippen LogP contribution in [-0.4, -0.2) is 38.7 Å². The molecule has 5 heteroatoms. The van der Waals surface area contributed by atoms with Gasteiger partial charge < -0.3 is 14.4 Å². The van der Waals surface area contributed by atoms with Crippen molar-refractivity contribution in [1.29, 1.82) is 0 Å². The molecule has 0 aliphatic carbocycles. The molecule has 0 saturated carbocycles. The number of amides is 2. The van der Waals surface area contributed by atoms with Crippen molar-refractivity contribution < 1.29 is 14.3 Å². The molecule has 0 bridgehead atoms. The lowest BCUT2D eigenvalue weighted by molar-refractivity contribution is 0.225. The summed E-state index contributed by atoms with van der Waals surface area (Å²) >= 11 is 0. The van der Waals surface area contributed by atoms with Crippen LogP contribution in [0.25, 0.3) is 0 Å². The highest BCUT2D eigenvalue weighted by Crippen LogP contribution is 2.35. The maximum absolute atomic E-state index is 12.1. The SMILES string of the molecule is CCOc1cc(N(C)C(=O)N(C)C)ccc1Oc1ccccc1. The number of urea groups is 1. The van der Waals surface area contributed by atoms with Crippen molar-refractivity contribution in [1.82, 2.24) is 4.90 Å². The summed E-state index contributed by atoms with van der Waals surface area (Å²) in [4.78, 5) is 15.2. The van der Waals surface area contributed by atoms with Crippen LogP contribution in [0.1, 0.15) is 6.92 Å². The molecule has 0 atom stereocenters. The Morgan fingerprint density at radius 3 is 2.30 bits per heavy atom. The fraction of sp³-hybridized carbons (Fsp3) is 0.278. The topological polar surface area (TPSA) is 42.0 Å². The van der Waals surface area contributed by atoms with Crippen molar-refractivity contribution >= 4 is 11.7 Å². The van der Waals surface area contributed by atoms with E-state index in [1.807, 2.05) is 55.5 Å². The molecule has 122 valence electrons. The summed E-state index contributed by atoms with van der Waals surface area (Å²) in [6.07, 6.45) is 0. The predicted octanol–water partition coefficient (Wildman–Crippen LogP) is 4.00. The molecule has 2 aromatic rings. The molecule has 0 aromatic heterocycles. The molecule has 0 aliphatic rings. The van der Waals surface area contributed by atoms with E-state index in [0.29, 0.717) is 18.1 Å². The number of para-hydroxylation sites is 1. The summed E-state index contributed by atoms with van der Waals surface area (Å²) < 4.78 is 11.5. The van der Waals surface area contributed by atoms with E-state index in [2.05, 4.69) is 0 Å². The lowest BCUT2D eigenvalue weighted by Crippen LogP contribution is -2.36. The number of carbonyl (C=O) groups excluding carboxylic acids is 1. The maximum atomic E-state index is 12.1. The average Bonchev–Trinajstić information content (AvgIpc) is 2.56. The highest BCUT2D eigenvalue weighted by Gasteiger charge is 2.15. The van der Waals surface area contributed by atoms with E-state index in [0.717, 1.165) is 11.4 Å². The molecule has 0 radical (unpaired) electrons. The van der Waals surface area contributed by atoms with E-state index >= 15 is 0 Å². The summed E-state index contributed by atoms with van der Waals surface area (Å²) in [5, 5.41) is 0. The number of hydrogen-bond acceptors (Lipinski definition) is 3. The molecule has 5 nitrogen and oxygen atoms in total. The molecule has 2 aromatic carbocycles. The van der Waals surface area contributed by atoms with Gasteiger partial charge in [-0.25, -0.2) is 4.79 Å². The Morgan fingerprint density at radius 2 is 1.70 bits per heavy atom. The number of anilines is 1. The molecular formula is C18H22N2O3. The van der Waals surface area contributed by atoms with Gasteiger partial charge in [0.25, 0.3) is 0 Å². The normalized spacial score (nSPS) is 10.1. The van der Waals surface area contributed by atoms with Gasteiger partial charge >= 0.3 is 6.03 Å². The first-order valence-electron chi connectivity index (χ1n) is 7.47. The molecule has 2 rings (SSSR count). The number of nitrogens with zero attached hydrogens (tertiary/aromatic N) is 2. The molecule has 0 fully saturated rings. The molecule has 23 heavy (non-hydrogen) atoms. The first-order valence-corrected chi connectivity index (χ1v) is 7.47. The number of rotatable bonds is 5. The van der Waals surface area contributed by atoms with Gasteiger partial charge in [0.1, 0.15) is 5.75 Å². The second kappa shape index (κ2) is 7.54. The maximum Gasteiger partial charge on any atom is 0.323 e. The van der Waals surface area contributed by atoms with Gasteiger partial charge in [-0.05, 0) is 31.2 Å². The smallest absolute Gasteiger partial charge is 0.323 e. The quantitative estimate of drug-likeness (QED) is 0.838. The standard InChI is InChI=1S/C18H22N2O3/c1-5-22-17-13-14(20(4)18(21)19(2)3)11-12-16(17)23-15-9-7-6-8-10-15/h6-13H,5H2,1-4H3. The van der Waals surface area contributed by atoms with Crippen LogP contribution in [0.4, 0.5) is 10.5 Å². The van der Waals surface area contributed by atoms with Gasteiger partial charge in [0, 0.05) is 32.9 Å². The Hall–Kier alpha value is -2.69. The summed E-state index contributed by atoms with van der Waals surface area (Å²) in [6, 6.07) is 14.9. The van der Waals surface area contributed by atoms with Crippen LogP contribution >= 0.6 is 0 Å². The number of carbonyl (C=O) groups is 1. The van der Waals surface area contributed by atoms with Crippen molar-refractivity contribution in [2.24, 2.45) is 0 Å². The first kappa shape index (κ1) is 16.7. The molecule has 0 aliphatic heterocycles. The van der Waals surface area contributed by atoms with Crippen LogP contribution in [0.15, 0.2) is 48.5 Å². The third kappa shape index (κ3) is 4.16. The van der Waals surface area contributed by atoms with Gasteiger partial charge in [-0.15, -0.1) is 0 Å². The van der Waals surface area contributed by atoms with Crippen LogP contribution < -0.4 is 14.4 Å². The Morgan fingerprint density at radius 1 is 1.00 bits per heavy atom. The Balaban J connectivity index is 2.29. The second-order valence-electron chi connectivity index (χ2n) is 5.22. The van der Waals surface area contributed by atoms with Gasteiger partial charge in [0.15, 0.2) is 11.5 Å². The van der Waals surface area contributed by atoms with E-state index in [-0.39, 0.29) is 6.03 Å². The minimum absolute atomic E-state index is 0.107. The van der Waals surface area contributed by atoms with Crippen molar-refractivity contribution in [2.45, 2.75) is 6.92 Å². The molecule has 0 unspecified atom stereocenters. The highest BCUT2D eigenvalue weighted by atomic mass is 16.5. The van der Waals surface area contributed by atoms with E-state index in [1.54, 1.807) is 26.0 Å². The average molecular weight is 314 g/mol. The molecule has 0 heterocycles. The summed E-state index contributed by atoms with van der Waals surface area (Å²) in [5.41, 5.74) is 0.743. The molecular weight excluding hydrogens is 292 g/mol. The van der Waals surface area contributed by atoms with E-state index in [4.69, 9.17) is 9.47 Å². The monoisotopic (exact) mass is 314 g/mol. The van der Waals surface area contributed by atoms with Crippen molar-refractivity contribution in [2.75, 3.05) is 32.6 Å². The van der Waals surface area contributed by atoms with Crippen LogP contribution in [0, 0.1) is 0 Å². The Labute approximate surface area is 137 Å². The Bertz CT molecular complexity index is 657. The molecule has 0 spiro atoms. The molecule has 0 N–H and O–H groups in total. The number of ether oxygens (including phenoxy) is 2. The van der Waals surface area contributed by atoms with Crippen LogP contribution in [0.5, 0.6) is 17.2 Å². The second-order valence-corrected chi connectivity index (χ2v) is 5.22. The third-order valence-electron chi connectivity index (χ3n) is 3.25. The largest absolute Gasteiger partial charge is 0.490 e. The fourth-order valence-corrected chi connectivity index (χ4v) is 2.08. The van der Waals surface area contributed by atoms with Crippen molar-refractivity contribution in [3.63, 3.8) is 0 Å². The summed E-state index contributed by atoms with van der Waals surface area (Å²) in [5.74, 6) is 1.96. The zero-order valence-electron chi connectivity index (χ0n) is 13.9. The van der Waals surface area contributed by atoms with Crippen molar-refractivity contribution in [3.05, 3.63) is 48.5 Å². The van der Waals surface area contributed by atoms with Gasteiger partial charge in [0.2, 0.25) is 0 Å². The number of benzene rings is 2. The van der Waals surface area contributed by atoms with Crippen LogP contribution in [0.2, 0.25) is 0 Å². The minimum Gasteiger partial charge on any atom is -0.490 e. The first-order chi connectivity index (χ1) is 11.0. The fourth-order valence-electron chi connectivity index (χ4n) is 2.08. The van der Waals surface area contributed by atoms with Gasteiger partial charge in [0.05, 0.1) is 6.61 Å². The van der Waals surface area contributed by atoms with Crippen molar-refractivity contribution in [3.8, 4) is 17.2 Å². The van der Waals surface area contributed by atoms with Crippen LogP contribution in [-0.2, 0) is 0 Å². The molecule has 0 saturated heterocycles. The van der Waals surface area contributed by atoms with Gasteiger partial charge in [-0.2, -0.15) is 0 Å². The third-order valence-corrected chi connectivity index (χ3v) is 3.25. The predicted molar refractivity (Wildman–Crippen MR) is 91.6 cm³/mol. The van der Waals surface area contributed by atoms with E-state index in [9.17, 15) is 4.79 Å². The minimum atomic E-state index is -0.107. The van der Waals surface area contributed by atoms with E-state index < -0.39 is 0 Å². The zero-order valence-corrected chi connectivity index (χ0v) is 13.9. The lowest BCUT2D eigenvalue weighted by atomic mass is 10.2. The Kier molecular flexibility index (Phi) is 5.46. The summed E-state index contributed by atoms with van der Waals surface area (Å²) in [6.45, 7) is 2.42. The zero-order chi connectivity index (χ0) is 16.8. The highest BCUT2D eigenvalue weighted by molar-refractivity contribution is 5.91. The van der Waals surface area contributed by atoms with Crippen LogP contribution in [0.3, 0.4) is 0 Å². The van der Waals surface area contributed by atoms with Gasteiger partial charge in [-0.1, -0.05) is 18.2 Å². The summed E-state index contributed by atoms with van der Waals surface area (Å²) in [7, 11) is 5.16. The van der Waals surface area contributed by atoms with E-state index in [1.165, 1.54) is 4.90 Å².